The van der Waals surface area contributed by atoms with Crippen molar-refractivity contribution in [2.75, 3.05) is 6.54 Å². The summed E-state index contributed by atoms with van der Waals surface area (Å²) in [6.07, 6.45) is 1.24. The van der Waals surface area contributed by atoms with Crippen LogP contribution in [0, 0.1) is 11.3 Å². The average molecular weight is 281 g/mol. The quantitative estimate of drug-likeness (QED) is 0.368. The van der Waals surface area contributed by atoms with E-state index in [0.717, 1.165) is 0 Å². The highest BCUT2D eigenvalue weighted by molar-refractivity contribution is 5.91. The van der Waals surface area contributed by atoms with Gasteiger partial charge in [-0.1, -0.05) is 25.9 Å². The van der Waals surface area contributed by atoms with E-state index in [1.54, 1.807) is 20.8 Å². The third kappa shape index (κ3) is 7.69. The van der Waals surface area contributed by atoms with Gasteiger partial charge in [0.05, 0.1) is 0 Å². The summed E-state index contributed by atoms with van der Waals surface area (Å²) in [5.41, 5.74) is 7.79. The molecule has 0 rings (SSSR count). The number of hydrogen-bond acceptors (Lipinski definition) is 4. The molecule has 1 atom stereocenters. The van der Waals surface area contributed by atoms with Crippen LogP contribution in [0.25, 0.3) is 10.4 Å². The van der Waals surface area contributed by atoms with Crippen molar-refractivity contribution in [1.82, 2.24) is 0 Å². The Morgan fingerprint density at radius 1 is 1.20 bits per heavy atom. The molecule has 0 aliphatic heterocycles. The van der Waals surface area contributed by atoms with Crippen molar-refractivity contribution < 1.29 is 14.4 Å². The van der Waals surface area contributed by atoms with Crippen LogP contribution in [0.1, 0.15) is 53.4 Å². The van der Waals surface area contributed by atoms with Gasteiger partial charge in [0, 0.05) is 42.1 Å². The van der Waals surface area contributed by atoms with Crippen LogP contribution in [0.3, 0.4) is 0 Å². The molecule has 0 aliphatic rings. The molecule has 1 unspecified atom stereocenters. The van der Waals surface area contributed by atoms with E-state index in [-0.39, 0.29) is 36.7 Å². The molecular weight excluding hydrogens is 258 g/mol. The first kappa shape index (κ1) is 18.3. The Bertz CT molecular complexity index is 418. The van der Waals surface area contributed by atoms with Gasteiger partial charge in [-0.15, -0.1) is 0 Å². The van der Waals surface area contributed by atoms with Crippen LogP contribution in [0.4, 0.5) is 0 Å². The number of azide groups is 1. The molecule has 112 valence electrons. The SMILES string of the molecule is CC(=O)CCCC(=O)CC(CN=[N+]=[N-])C(=O)C(C)(C)C. The van der Waals surface area contributed by atoms with Gasteiger partial charge in [-0.25, -0.2) is 0 Å². The molecule has 0 radical (unpaired) electrons. The van der Waals surface area contributed by atoms with Gasteiger partial charge in [0.25, 0.3) is 0 Å². The minimum Gasteiger partial charge on any atom is -0.300 e. The highest BCUT2D eigenvalue weighted by Crippen LogP contribution is 2.23. The van der Waals surface area contributed by atoms with Gasteiger partial charge in [0.2, 0.25) is 0 Å². The Balaban J connectivity index is 4.57. The highest BCUT2D eigenvalue weighted by atomic mass is 16.1. The topological polar surface area (TPSA) is 100.0 Å². The van der Waals surface area contributed by atoms with Crippen LogP contribution in [0.2, 0.25) is 0 Å². The molecule has 0 amide bonds. The maximum Gasteiger partial charge on any atom is 0.141 e. The first-order chi connectivity index (χ1) is 9.18. The smallest absolute Gasteiger partial charge is 0.141 e. The van der Waals surface area contributed by atoms with E-state index in [1.807, 2.05) is 0 Å². The van der Waals surface area contributed by atoms with Gasteiger partial charge < -0.3 is 4.79 Å². The number of hydrogen-bond donors (Lipinski definition) is 0. The average Bonchev–Trinajstić information content (AvgIpc) is 2.31. The van der Waals surface area contributed by atoms with Crippen LogP contribution in [-0.4, -0.2) is 23.9 Å². The second kappa shape index (κ2) is 8.48. The molecule has 6 heteroatoms. The van der Waals surface area contributed by atoms with E-state index in [2.05, 4.69) is 10.0 Å². The van der Waals surface area contributed by atoms with Crippen LogP contribution in [-0.2, 0) is 14.4 Å². The van der Waals surface area contributed by atoms with E-state index in [1.165, 1.54) is 6.92 Å². The van der Waals surface area contributed by atoms with Crippen molar-refractivity contribution in [2.45, 2.75) is 53.4 Å². The summed E-state index contributed by atoms with van der Waals surface area (Å²) in [5, 5.41) is 3.42. The Morgan fingerprint density at radius 3 is 2.25 bits per heavy atom. The van der Waals surface area contributed by atoms with E-state index in [4.69, 9.17) is 5.53 Å². The molecule has 0 aromatic heterocycles. The predicted molar refractivity (Wildman–Crippen MR) is 76.1 cm³/mol. The Kier molecular flexibility index (Phi) is 7.77. The second-order valence-corrected chi connectivity index (χ2v) is 6.02. The Morgan fingerprint density at radius 2 is 1.80 bits per heavy atom. The normalized spacial score (nSPS) is 12.4. The van der Waals surface area contributed by atoms with Gasteiger partial charge in [0.15, 0.2) is 0 Å². The minimum absolute atomic E-state index is 0.00501. The van der Waals surface area contributed by atoms with Crippen molar-refractivity contribution in [3.63, 3.8) is 0 Å². The van der Waals surface area contributed by atoms with Gasteiger partial charge in [-0.3, -0.25) is 9.59 Å². The van der Waals surface area contributed by atoms with E-state index < -0.39 is 11.3 Å². The first-order valence-corrected chi connectivity index (χ1v) is 6.74. The number of ketones is 3. The molecule has 0 N–H and O–H groups in total. The number of carbonyl (C=O) groups is 3. The van der Waals surface area contributed by atoms with Gasteiger partial charge >= 0.3 is 0 Å². The fourth-order valence-corrected chi connectivity index (χ4v) is 1.90. The van der Waals surface area contributed by atoms with Gasteiger partial charge in [-0.05, 0) is 18.9 Å². The molecule has 0 aliphatic carbocycles. The standard InChI is InChI=1S/C14H23N3O3/c1-10(18)6-5-7-12(19)8-11(9-16-17-15)13(20)14(2,3)4/h11H,5-9H2,1-4H3. The summed E-state index contributed by atoms with van der Waals surface area (Å²) < 4.78 is 0. The largest absolute Gasteiger partial charge is 0.300 e. The molecule has 0 aromatic rings. The zero-order chi connectivity index (χ0) is 15.8. The van der Waals surface area contributed by atoms with Crippen molar-refractivity contribution in [2.24, 2.45) is 16.4 Å². The van der Waals surface area contributed by atoms with E-state index in [9.17, 15) is 14.4 Å². The third-order valence-electron chi connectivity index (χ3n) is 2.93. The van der Waals surface area contributed by atoms with Crippen molar-refractivity contribution in [1.29, 1.82) is 0 Å². The number of carbonyl (C=O) groups excluding carboxylic acids is 3. The lowest BCUT2D eigenvalue weighted by Crippen LogP contribution is -2.31. The molecule has 0 saturated heterocycles. The van der Waals surface area contributed by atoms with Crippen molar-refractivity contribution >= 4 is 17.3 Å². The van der Waals surface area contributed by atoms with Crippen molar-refractivity contribution in [3.05, 3.63) is 10.4 Å². The minimum atomic E-state index is -0.574. The molecule has 0 fully saturated rings. The lowest BCUT2D eigenvalue weighted by atomic mass is 9.80. The summed E-state index contributed by atoms with van der Waals surface area (Å²) in [5.74, 6) is -0.670. The zero-order valence-electron chi connectivity index (χ0n) is 12.7. The second-order valence-electron chi connectivity index (χ2n) is 6.02. The fourth-order valence-electron chi connectivity index (χ4n) is 1.90. The highest BCUT2D eigenvalue weighted by Gasteiger charge is 2.30. The predicted octanol–water partition coefficient (Wildman–Crippen LogP) is 3.25. The molecular formula is C14H23N3O3. The molecule has 6 nitrogen and oxygen atoms in total. The molecule has 20 heavy (non-hydrogen) atoms. The fraction of sp³-hybridized carbons (Fsp3) is 0.786. The van der Waals surface area contributed by atoms with Gasteiger partial charge in [-0.2, -0.15) is 0 Å². The summed E-state index contributed by atoms with van der Waals surface area (Å²) in [6.45, 7) is 6.82. The Labute approximate surface area is 119 Å². The number of rotatable bonds is 9. The summed E-state index contributed by atoms with van der Waals surface area (Å²) >= 11 is 0. The maximum absolute atomic E-state index is 12.2. The van der Waals surface area contributed by atoms with E-state index in [0.29, 0.717) is 12.8 Å². The van der Waals surface area contributed by atoms with Gasteiger partial charge in [0.1, 0.15) is 17.3 Å². The maximum atomic E-state index is 12.2. The molecule has 0 bridgehead atoms. The van der Waals surface area contributed by atoms with Crippen LogP contribution >= 0.6 is 0 Å². The summed E-state index contributed by atoms with van der Waals surface area (Å²) in [6, 6.07) is 0. The summed E-state index contributed by atoms with van der Waals surface area (Å²) in [4.78, 5) is 37.5. The molecule has 0 aromatic carbocycles. The molecule has 0 saturated carbocycles. The lowest BCUT2D eigenvalue weighted by molar-refractivity contribution is -0.133. The van der Waals surface area contributed by atoms with E-state index >= 15 is 0 Å². The van der Waals surface area contributed by atoms with Crippen LogP contribution < -0.4 is 0 Å². The lowest BCUT2D eigenvalue weighted by Gasteiger charge is -2.23. The van der Waals surface area contributed by atoms with Crippen LogP contribution in [0.15, 0.2) is 5.11 Å². The monoisotopic (exact) mass is 281 g/mol. The number of nitrogens with zero attached hydrogens (tertiary/aromatic N) is 3. The van der Waals surface area contributed by atoms with Crippen LogP contribution in [0.5, 0.6) is 0 Å². The van der Waals surface area contributed by atoms with Crippen molar-refractivity contribution in [3.8, 4) is 0 Å². The number of Topliss-reactive ketones (excluding diaryl/α,β-unsaturated/α-hetero) is 3. The Hall–Kier alpha value is -1.68. The third-order valence-corrected chi connectivity index (χ3v) is 2.93. The molecule has 0 heterocycles. The zero-order valence-corrected chi connectivity index (χ0v) is 12.7. The molecule has 0 spiro atoms. The first-order valence-electron chi connectivity index (χ1n) is 6.74. The summed E-state index contributed by atoms with van der Waals surface area (Å²) in [7, 11) is 0.